The highest BCUT2D eigenvalue weighted by Crippen LogP contribution is 2.27. The Morgan fingerprint density at radius 1 is 1.19 bits per heavy atom. The molecule has 26 heavy (non-hydrogen) atoms. The van der Waals surface area contributed by atoms with Gasteiger partial charge >= 0.3 is 5.97 Å². The first-order valence-electron chi connectivity index (χ1n) is 7.43. The number of fused-ring (bicyclic) bond motifs is 1. The van der Waals surface area contributed by atoms with Crippen LogP contribution in [-0.2, 0) is 9.53 Å². The molecule has 1 amide bonds. The highest BCUT2D eigenvalue weighted by Gasteiger charge is 2.18. The van der Waals surface area contributed by atoms with E-state index in [1.165, 1.54) is 18.2 Å². The smallest absolute Gasteiger partial charge is 0.355 e. The predicted octanol–water partition coefficient (Wildman–Crippen LogP) is 3.53. The Balaban J connectivity index is 1.65. The number of aromatic nitrogens is 1. The molecule has 1 heterocycles. The lowest BCUT2D eigenvalue weighted by molar-refractivity contribution is -0.383. The zero-order valence-corrected chi connectivity index (χ0v) is 13.9. The Hall–Kier alpha value is -3.39. The number of nitrogens with zero attached hydrogens (tertiary/aromatic N) is 1. The van der Waals surface area contributed by atoms with E-state index < -0.39 is 23.4 Å². The second-order valence-electron chi connectivity index (χ2n) is 5.31. The average Bonchev–Trinajstić information content (AvgIpc) is 3.03. The summed E-state index contributed by atoms with van der Waals surface area (Å²) in [5.41, 5.74) is 0.574. The number of H-pyrrole nitrogens is 1. The minimum Gasteiger partial charge on any atom is -0.451 e. The number of benzene rings is 2. The molecule has 0 aliphatic heterocycles. The van der Waals surface area contributed by atoms with Crippen LogP contribution < -0.4 is 5.32 Å². The van der Waals surface area contributed by atoms with E-state index in [4.69, 9.17) is 16.3 Å². The zero-order chi connectivity index (χ0) is 18.7. The van der Waals surface area contributed by atoms with Gasteiger partial charge in [0, 0.05) is 22.0 Å². The van der Waals surface area contributed by atoms with Crippen LogP contribution in [0.1, 0.15) is 10.5 Å². The molecule has 0 atom stereocenters. The second-order valence-corrected chi connectivity index (χ2v) is 5.75. The van der Waals surface area contributed by atoms with E-state index in [1.807, 2.05) is 18.2 Å². The molecule has 2 N–H and O–H groups in total. The number of hydrogen-bond acceptors (Lipinski definition) is 5. The third-order valence-corrected chi connectivity index (χ3v) is 3.75. The molecule has 2 aromatic carbocycles. The number of aromatic amines is 1. The molecule has 0 bridgehead atoms. The molecule has 0 saturated heterocycles. The van der Waals surface area contributed by atoms with Crippen molar-refractivity contribution in [1.82, 2.24) is 4.98 Å². The molecular weight excluding hydrogens is 362 g/mol. The first-order chi connectivity index (χ1) is 12.4. The number of rotatable bonds is 5. The number of carbonyl (C=O) groups is 2. The number of nitro groups is 1. The van der Waals surface area contributed by atoms with Crippen molar-refractivity contribution in [2.45, 2.75) is 0 Å². The minimum atomic E-state index is -0.722. The molecule has 132 valence electrons. The van der Waals surface area contributed by atoms with Gasteiger partial charge in [0.2, 0.25) is 0 Å². The molecule has 0 spiro atoms. The lowest BCUT2D eigenvalue weighted by Crippen LogP contribution is -2.21. The van der Waals surface area contributed by atoms with Gasteiger partial charge in [-0.2, -0.15) is 0 Å². The predicted molar refractivity (Wildman–Crippen MR) is 95.3 cm³/mol. The van der Waals surface area contributed by atoms with Crippen molar-refractivity contribution in [1.29, 1.82) is 0 Å². The van der Waals surface area contributed by atoms with Gasteiger partial charge in [-0.3, -0.25) is 14.9 Å². The summed E-state index contributed by atoms with van der Waals surface area (Å²) in [6.45, 7) is -0.599. The summed E-state index contributed by atoms with van der Waals surface area (Å²) >= 11 is 5.79. The summed E-state index contributed by atoms with van der Waals surface area (Å²) in [5, 5.41) is 14.3. The number of esters is 1. The molecule has 9 heteroatoms. The van der Waals surface area contributed by atoms with Gasteiger partial charge < -0.3 is 15.0 Å². The highest BCUT2D eigenvalue weighted by molar-refractivity contribution is 6.31. The molecule has 3 aromatic rings. The number of halogens is 1. The van der Waals surface area contributed by atoms with E-state index in [0.29, 0.717) is 0 Å². The number of carbonyl (C=O) groups excluding carboxylic acids is 2. The summed E-state index contributed by atoms with van der Waals surface area (Å²) in [6, 6.07) is 12.6. The van der Waals surface area contributed by atoms with Gasteiger partial charge in [0.25, 0.3) is 11.6 Å². The second kappa shape index (κ2) is 7.24. The van der Waals surface area contributed by atoms with Gasteiger partial charge in [-0.05, 0) is 24.3 Å². The number of anilines is 1. The zero-order valence-electron chi connectivity index (χ0n) is 13.2. The largest absolute Gasteiger partial charge is 0.451 e. The number of ether oxygens (including phenoxy) is 1. The van der Waals surface area contributed by atoms with Crippen LogP contribution in [0.2, 0.25) is 5.02 Å². The Labute approximate surface area is 151 Å². The van der Waals surface area contributed by atoms with Gasteiger partial charge in [0.15, 0.2) is 6.61 Å². The van der Waals surface area contributed by atoms with Crippen molar-refractivity contribution in [3.8, 4) is 0 Å². The van der Waals surface area contributed by atoms with Crippen LogP contribution in [0.5, 0.6) is 0 Å². The van der Waals surface area contributed by atoms with Crippen molar-refractivity contribution >= 4 is 45.8 Å². The molecule has 8 nitrogen and oxygen atoms in total. The molecule has 1 aromatic heterocycles. The molecule has 0 unspecified atom stereocenters. The number of nitro benzene ring substituents is 1. The Morgan fingerprint density at radius 3 is 2.69 bits per heavy atom. The first kappa shape index (κ1) is 17.4. The van der Waals surface area contributed by atoms with E-state index in [9.17, 15) is 19.7 Å². The van der Waals surface area contributed by atoms with Crippen molar-refractivity contribution in [2.24, 2.45) is 0 Å². The Morgan fingerprint density at radius 2 is 1.96 bits per heavy atom. The normalized spacial score (nSPS) is 10.5. The third kappa shape index (κ3) is 3.81. The topological polar surface area (TPSA) is 114 Å². The molecular formula is C17H12ClN3O5. The van der Waals surface area contributed by atoms with E-state index in [1.54, 1.807) is 12.1 Å². The van der Waals surface area contributed by atoms with E-state index in [0.717, 1.165) is 10.9 Å². The maximum atomic E-state index is 12.0. The maximum absolute atomic E-state index is 12.0. The summed E-state index contributed by atoms with van der Waals surface area (Å²) < 4.78 is 4.94. The van der Waals surface area contributed by atoms with Crippen LogP contribution in [-0.4, -0.2) is 28.4 Å². The van der Waals surface area contributed by atoms with Crippen LogP contribution in [0, 0.1) is 10.1 Å². The fraction of sp³-hybridized carbons (Fsp3) is 0.0588. The third-order valence-electron chi connectivity index (χ3n) is 3.51. The lowest BCUT2D eigenvalue weighted by atomic mass is 10.2. The van der Waals surface area contributed by atoms with E-state index in [2.05, 4.69) is 10.3 Å². The fourth-order valence-electron chi connectivity index (χ4n) is 2.35. The van der Waals surface area contributed by atoms with Gasteiger partial charge in [0.05, 0.1) is 4.92 Å². The number of para-hydroxylation sites is 1. The van der Waals surface area contributed by atoms with E-state index in [-0.39, 0.29) is 22.1 Å². The standard InChI is InChI=1S/C17H12ClN3O5/c18-11-5-6-15(21(24)25)13(8-11)20-16(22)9-26-17(23)14-7-10-3-1-2-4-12(10)19-14/h1-8,19H,9H2,(H,20,22). The van der Waals surface area contributed by atoms with Crippen LogP contribution in [0.4, 0.5) is 11.4 Å². The van der Waals surface area contributed by atoms with Gasteiger partial charge in [-0.15, -0.1) is 0 Å². The summed E-state index contributed by atoms with van der Waals surface area (Å²) in [5.74, 6) is -1.43. The lowest BCUT2D eigenvalue weighted by Gasteiger charge is -2.07. The Kier molecular flexibility index (Phi) is 4.85. The molecule has 0 aliphatic carbocycles. The minimum absolute atomic E-state index is 0.0749. The van der Waals surface area contributed by atoms with Crippen LogP contribution in [0.3, 0.4) is 0 Å². The van der Waals surface area contributed by atoms with Crippen LogP contribution >= 0.6 is 11.6 Å². The van der Waals surface area contributed by atoms with Crippen molar-refractivity contribution < 1.29 is 19.2 Å². The number of amides is 1. The maximum Gasteiger partial charge on any atom is 0.355 e. The van der Waals surface area contributed by atoms with Gasteiger partial charge in [-0.1, -0.05) is 29.8 Å². The molecule has 0 saturated carbocycles. The molecule has 0 fully saturated rings. The SMILES string of the molecule is O=C(COC(=O)c1cc2ccccc2[nH]1)Nc1cc(Cl)ccc1[N+](=O)[O-]. The summed E-state index contributed by atoms with van der Waals surface area (Å²) in [7, 11) is 0. The number of nitrogens with one attached hydrogen (secondary N) is 2. The van der Waals surface area contributed by atoms with Crippen molar-refractivity contribution in [3.63, 3.8) is 0 Å². The van der Waals surface area contributed by atoms with Crippen molar-refractivity contribution in [2.75, 3.05) is 11.9 Å². The fourth-order valence-corrected chi connectivity index (χ4v) is 2.52. The molecule has 0 radical (unpaired) electrons. The van der Waals surface area contributed by atoms with Gasteiger partial charge in [-0.25, -0.2) is 4.79 Å². The first-order valence-corrected chi connectivity index (χ1v) is 7.80. The summed E-state index contributed by atoms with van der Waals surface area (Å²) in [6.07, 6.45) is 0. The van der Waals surface area contributed by atoms with Crippen molar-refractivity contribution in [3.05, 3.63) is 69.4 Å². The Bertz CT molecular complexity index is 982. The molecule has 3 rings (SSSR count). The average molecular weight is 374 g/mol. The van der Waals surface area contributed by atoms with Crippen LogP contribution in [0.15, 0.2) is 48.5 Å². The molecule has 0 aliphatic rings. The number of hydrogen-bond donors (Lipinski definition) is 2. The van der Waals surface area contributed by atoms with Crippen LogP contribution in [0.25, 0.3) is 10.9 Å². The van der Waals surface area contributed by atoms with Gasteiger partial charge in [0.1, 0.15) is 11.4 Å². The summed E-state index contributed by atoms with van der Waals surface area (Å²) in [4.78, 5) is 37.2. The monoisotopic (exact) mass is 373 g/mol. The van der Waals surface area contributed by atoms with E-state index >= 15 is 0 Å². The highest BCUT2D eigenvalue weighted by atomic mass is 35.5. The quantitative estimate of drug-likeness (QED) is 0.403.